The van der Waals surface area contributed by atoms with Crippen molar-refractivity contribution >= 4 is 17.8 Å². The minimum Gasteiger partial charge on any atom is -0.487 e. The zero-order chi connectivity index (χ0) is 20.4. The van der Waals surface area contributed by atoms with Crippen molar-refractivity contribution in [2.24, 2.45) is 0 Å². The Morgan fingerprint density at radius 1 is 0.966 bits per heavy atom. The van der Waals surface area contributed by atoms with Gasteiger partial charge < -0.3 is 9.57 Å². The molecule has 3 aromatic rings. The van der Waals surface area contributed by atoms with Gasteiger partial charge in [-0.1, -0.05) is 29.3 Å². The summed E-state index contributed by atoms with van der Waals surface area (Å²) in [6, 6.07) is 16.5. The number of hydrogen-bond donors (Lipinski definition) is 0. The van der Waals surface area contributed by atoms with Gasteiger partial charge in [0.2, 0.25) is 0 Å². The number of carbonyl (C=O) groups excluding carboxylic acids is 3. The van der Waals surface area contributed by atoms with Gasteiger partial charge >= 0.3 is 5.97 Å². The number of hydrogen-bond acceptors (Lipinski definition) is 6. The van der Waals surface area contributed by atoms with Crippen molar-refractivity contribution in [3.05, 3.63) is 94.8 Å². The lowest BCUT2D eigenvalue weighted by Crippen LogP contribution is -2.32. The number of amides is 2. The molecule has 1 aromatic heterocycles. The fraction of sp³-hybridized carbons (Fsp3) is 0.0909. The molecular weight excluding hydrogens is 372 g/mol. The molecule has 0 fully saturated rings. The van der Waals surface area contributed by atoms with E-state index < -0.39 is 17.8 Å². The lowest BCUT2D eigenvalue weighted by atomic mass is 10.1. The fourth-order valence-electron chi connectivity index (χ4n) is 2.88. The molecule has 0 saturated carbocycles. The van der Waals surface area contributed by atoms with Crippen LogP contribution >= 0.6 is 0 Å². The standard InChI is InChI=1S/C22H16N2O5/c1-14-9-10-17(12-23-14)28-13-15-5-4-6-16(11-15)22(27)29-24-20(25)18-7-2-3-8-19(18)21(24)26/h2-12H,13H2,1H3. The van der Waals surface area contributed by atoms with Crippen LogP contribution in [0.3, 0.4) is 0 Å². The molecule has 0 bridgehead atoms. The summed E-state index contributed by atoms with van der Waals surface area (Å²) >= 11 is 0. The number of rotatable bonds is 5. The van der Waals surface area contributed by atoms with Gasteiger partial charge in [-0.2, -0.15) is 0 Å². The highest BCUT2D eigenvalue weighted by atomic mass is 16.7. The predicted molar refractivity (Wildman–Crippen MR) is 102 cm³/mol. The van der Waals surface area contributed by atoms with E-state index in [2.05, 4.69) is 4.98 Å². The molecule has 4 rings (SSSR count). The van der Waals surface area contributed by atoms with Gasteiger partial charge in [-0.3, -0.25) is 14.6 Å². The first-order valence-electron chi connectivity index (χ1n) is 8.87. The van der Waals surface area contributed by atoms with Gasteiger partial charge in [-0.15, -0.1) is 0 Å². The highest BCUT2D eigenvalue weighted by molar-refractivity contribution is 6.21. The summed E-state index contributed by atoms with van der Waals surface area (Å²) in [5, 5.41) is 0.494. The largest absolute Gasteiger partial charge is 0.487 e. The van der Waals surface area contributed by atoms with E-state index in [1.807, 2.05) is 19.1 Å². The third-order valence-electron chi connectivity index (χ3n) is 4.38. The molecule has 0 unspecified atom stereocenters. The first-order valence-corrected chi connectivity index (χ1v) is 8.87. The highest BCUT2D eigenvalue weighted by Gasteiger charge is 2.38. The maximum atomic E-state index is 12.5. The second kappa shape index (κ2) is 7.55. The van der Waals surface area contributed by atoms with Crippen LogP contribution in [-0.2, 0) is 11.4 Å². The van der Waals surface area contributed by atoms with E-state index in [-0.39, 0.29) is 23.3 Å². The molecule has 0 atom stereocenters. The molecule has 7 heteroatoms. The number of aryl methyl sites for hydroxylation is 1. The summed E-state index contributed by atoms with van der Waals surface area (Å²) in [7, 11) is 0. The van der Waals surface area contributed by atoms with Gasteiger partial charge in [0, 0.05) is 5.69 Å². The number of ether oxygens (including phenoxy) is 1. The Morgan fingerprint density at radius 2 is 1.69 bits per heavy atom. The first kappa shape index (κ1) is 18.4. The molecule has 144 valence electrons. The van der Waals surface area contributed by atoms with Gasteiger partial charge in [0.1, 0.15) is 12.4 Å². The minimum absolute atomic E-state index is 0.199. The molecule has 0 N–H and O–H groups in total. The first-order chi connectivity index (χ1) is 14.0. The van der Waals surface area contributed by atoms with E-state index >= 15 is 0 Å². The van der Waals surface area contributed by atoms with Crippen LogP contribution in [0.1, 0.15) is 42.3 Å². The van der Waals surface area contributed by atoms with Crippen molar-refractivity contribution in [1.82, 2.24) is 10.0 Å². The summed E-state index contributed by atoms with van der Waals surface area (Å²) in [5.41, 5.74) is 2.22. The third kappa shape index (κ3) is 3.70. The molecule has 1 aliphatic rings. The third-order valence-corrected chi connectivity index (χ3v) is 4.38. The molecule has 2 amide bonds. The lowest BCUT2D eigenvalue weighted by Gasteiger charge is -2.13. The molecule has 0 radical (unpaired) electrons. The number of hydroxylamine groups is 2. The lowest BCUT2D eigenvalue weighted by molar-refractivity contribution is -0.0584. The maximum Gasteiger partial charge on any atom is 0.363 e. The van der Waals surface area contributed by atoms with Crippen LogP contribution in [0.15, 0.2) is 66.9 Å². The van der Waals surface area contributed by atoms with Crippen molar-refractivity contribution in [3.63, 3.8) is 0 Å². The van der Waals surface area contributed by atoms with E-state index in [0.29, 0.717) is 10.8 Å². The summed E-state index contributed by atoms with van der Waals surface area (Å²) in [6.45, 7) is 2.10. The Kier molecular flexibility index (Phi) is 4.78. The average Bonchev–Trinajstić information content (AvgIpc) is 2.99. The molecule has 0 saturated heterocycles. The maximum absolute atomic E-state index is 12.5. The van der Waals surface area contributed by atoms with E-state index in [9.17, 15) is 14.4 Å². The number of pyridine rings is 1. The van der Waals surface area contributed by atoms with Crippen LogP contribution in [0.4, 0.5) is 0 Å². The van der Waals surface area contributed by atoms with E-state index in [0.717, 1.165) is 11.3 Å². The highest BCUT2D eigenvalue weighted by Crippen LogP contribution is 2.23. The van der Waals surface area contributed by atoms with Crippen LogP contribution in [0.25, 0.3) is 0 Å². The number of carbonyl (C=O) groups is 3. The van der Waals surface area contributed by atoms with Gasteiger partial charge in [-0.05, 0) is 48.9 Å². The molecule has 0 spiro atoms. The van der Waals surface area contributed by atoms with E-state index in [1.54, 1.807) is 36.5 Å². The second-order valence-corrected chi connectivity index (χ2v) is 6.45. The molecule has 29 heavy (non-hydrogen) atoms. The van der Waals surface area contributed by atoms with Crippen molar-refractivity contribution < 1.29 is 24.0 Å². The number of aromatic nitrogens is 1. The number of fused-ring (bicyclic) bond motifs is 1. The Morgan fingerprint density at radius 3 is 2.34 bits per heavy atom. The van der Waals surface area contributed by atoms with Crippen LogP contribution in [0, 0.1) is 6.92 Å². The minimum atomic E-state index is -0.807. The molecule has 1 aliphatic heterocycles. The fourth-order valence-corrected chi connectivity index (χ4v) is 2.88. The Balaban J connectivity index is 1.44. The van der Waals surface area contributed by atoms with Crippen LogP contribution in [-0.4, -0.2) is 27.8 Å². The quantitative estimate of drug-likeness (QED) is 0.623. The van der Waals surface area contributed by atoms with Crippen molar-refractivity contribution in [2.75, 3.05) is 0 Å². The predicted octanol–water partition coefficient (Wildman–Crippen LogP) is 3.34. The normalized spacial score (nSPS) is 12.7. The SMILES string of the molecule is Cc1ccc(OCc2cccc(C(=O)ON3C(=O)c4ccccc4C3=O)c2)cn1. The summed E-state index contributed by atoms with van der Waals surface area (Å²) in [4.78, 5) is 46.4. The monoisotopic (exact) mass is 388 g/mol. The van der Waals surface area contributed by atoms with Crippen LogP contribution in [0.5, 0.6) is 5.75 Å². The number of nitrogens with zero attached hydrogens (tertiary/aromatic N) is 2. The van der Waals surface area contributed by atoms with Crippen molar-refractivity contribution in [3.8, 4) is 5.75 Å². The zero-order valence-electron chi connectivity index (χ0n) is 15.5. The molecule has 2 heterocycles. The van der Waals surface area contributed by atoms with E-state index in [1.165, 1.54) is 18.2 Å². The number of benzene rings is 2. The van der Waals surface area contributed by atoms with Gasteiger partial charge in [-0.25, -0.2) is 4.79 Å². The average molecular weight is 388 g/mol. The molecule has 0 aliphatic carbocycles. The zero-order valence-corrected chi connectivity index (χ0v) is 15.5. The van der Waals surface area contributed by atoms with Crippen LogP contribution in [0.2, 0.25) is 0 Å². The molecule has 2 aromatic carbocycles. The Hall–Kier alpha value is -4.00. The van der Waals surface area contributed by atoms with Crippen molar-refractivity contribution in [1.29, 1.82) is 0 Å². The Bertz CT molecular complexity index is 1070. The smallest absolute Gasteiger partial charge is 0.363 e. The van der Waals surface area contributed by atoms with Gasteiger partial charge in [0.05, 0.1) is 22.9 Å². The van der Waals surface area contributed by atoms with Crippen molar-refractivity contribution in [2.45, 2.75) is 13.5 Å². The van der Waals surface area contributed by atoms with Gasteiger partial charge in [0.25, 0.3) is 11.8 Å². The summed E-state index contributed by atoms with van der Waals surface area (Å²) in [6.07, 6.45) is 1.62. The number of imide groups is 1. The van der Waals surface area contributed by atoms with Gasteiger partial charge in [0.15, 0.2) is 0 Å². The Labute approximate surface area is 166 Å². The molecule has 7 nitrogen and oxygen atoms in total. The van der Waals surface area contributed by atoms with E-state index in [4.69, 9.17) is 9.57 Å². The second-order valence-electron chi connectivity index (χ2n) is 6.45. The summed E-state index contributed by atoms with van der Waals surface area (Å²) in [5.74, 6) is -1.52. The van der Waals surface area contributed by atoms with Crippen LogP contribution < -0.4 is 4.74 Å². The molecular formula is C22H16N2O5. The topological polar surface area (TPSA) is 85.8 Å². The summed E-state index contributed by atoms with van der Waals surface area (Å²) < 4.78 is 5.66.